The molecule has 0 spiro atoms. The molecular formula is C26H25N3O8. The Morgan fingerprint density at radius 2 is 1.92 bits per heavy atom. The van der Waals surface area contributed by atoms with Crippen LogP contribution in [0.15, 0.2) is 41.2 Å². The zero-order valence-electron chi connectivity index (χ0n) is 20.3. The van der Waals surface area contributed by atoms with Crippen LogP contribution >= 0.6 is 0 Å². The second-order valence-corrected chi connectivity index (χ2v) is 8.19. The molecule has 2 N–H and O–H groups in total. The highest BCUT2D eigenvalue weighted by atomic mass is 16.6. The van der Waals surface area contributed by atoms with Crippen LogP contribution < -0.4 is 10.9 Å². The molecule has 1 atom stereocenters. The molecule has 0 saturated carbocycles. The van der Waals surface area contributed by atoms with Gasteiger partial charge in [0.1, 0.15) is 13.2 Å². The number of para-hydroxylation sites is 1. The minimum Gasteiger partial charge on any atom is -0.481 e. The zero-order chi connectivity index (χ0) is 26.7. The number of esters is 2. The van der Waals surface area contributed by atoms with E-state index < -0.39 is 36.5 Å². The summed E-state index contributed by atoms with van der Waals surface area (Å²) in [6.45, 7) is 3.49. The molecule has 2 aliphatic rings. The topological polar surface area (TPSA) is 154 Å². The Kier molecular flexibility index (Phi) is 7.32. The molecule has 0 bridgehead atoms. The third kappa shape index (κ3) is 5.06. The maximum Gasteiger partial charge on any atom is 0.352 e. The lowest BCUT2D eigenvalue weighted by Crippen LogP contribution is -2.37. The Labute approximate surface area is 211 Å². The van der Waals surface area contributed by atoms with E-state index in [2.05, 4.69) is 5.32 Å². The standard InChI is InChI=1S/C24H19N3O8.C2H6/c28-18(5-6-19(29)30)25-9-20(31)35-22-14-8-17-21-13(7-12-3-1-2-4-16(12)26-21)10-27(17)23(32)15(14)11-34-24(22)33;1-2/h1-4,7-8,22H,5-6,9-11H2,(H,25,28)(H,29,30);1-2H3. The average molecular weight is 507 g/mol. The number of aromatic nitrogens is 2. The van der Waals surface area contributed by atoms with Gasteiger partial charge in [-0.2, -0.15) is 0 Å². The number of hydrogen-bond acceptors (Lipinski definition) is 8. The first-order valence-electron chi connectivity index (χ1n) is 11.8. The third-order valence-electron chi connectivity index (χ3n) is 5.91. The summed E-state index contributed by atoms with van der Waals surface area (Å²) >= 11 is 0. The van der Waals surface area contributed by atoms with Crippen LogP contribution in [-0.4, -0.2) is 45.0 Å². The van der Waals surface area contributed by atoms with Crippen LogP contribution in [-0.2, 0) is 41.8 Å². The first-order valence-corrected chi connectivity index (χ1v) is 11.8. The van der Waals surface area contributed by atoms with E-state index >= 15 is 0 Å². The molecule has 192 valence electrons. The van der Waals surface area contributed by atoms with E-state index in [-0.39, 0.29) is 36.1 Å². The minimum atomic E-state index is -1.48. The molecule has 4 heterocycles. The molecule has 37 heavy (non-hydrogen) atoms. The van der Waals surface area contributed by atoms with Gasteiger partial charge in [-0.05, 0) is 18.2 Å². The van der Waals surface area contributed by atoms with Gasteiger partial charge in [0.05, 0.1) is 35.4 Å². The lowest BCUT2D eigenvalue weighted by molar-refractivity contribution is -0.171. The van der Waals surface area contributed by atoms with Crippen LogP contribution in [0.2, 0.25) is 0 Å². The van der Waals surface area contributed by atoms with Crippen molar-refractivity contribution in [1.29, 1.82) is 0 Å². The highest BCUT2D eigenvalue weighted by Gasteiger charge is 2.37. The number of hydrogen-bond donors (Lipinski definition) is 2. The number of benzene rings is 1. The normalized spacial score (nSPS) is 14.9. The third-order valence-corrected chi connectivity index (χ3v) is 5.91. The molecule has 1 aromatic carbocycles. The van der Waals surface area contributed by atoms with Crippen LogP contribution in [0.5, 0.6) is 0 Å². The molecule has 0 saturated heterocycles. The second-order valence-electron chi connectivity index (χ2n) is 8.19. The average Bonchev–Trinajstić information content (AvgIpc) is 3.25. The van der Waals surface area contributed by atoms with Gasteiger partial charge < -0.3 is 24.5 Å². The second kappa shape index (κ2) is 10.6. The summed E-state index contributed by atoms with van der Waals surface area (Å²) in [6.07, 6.45) is -2.17. The summed E-state index contributed by atoms with van der Waals surface area (Å²) in [5, 5.41) is 11.8. The first kappa shape index (κ1) is 25.5. The first-order chi connectivity index (χ1) is 17.8. The van der Waals surface area contributed by atoms with E-state index in [9.17, 15) is 24.0 Å². The summed E-state index contributed by atoms with van der Waals surface area (Å²) in [4.78, 5) is 64.9. The van der Waals surface area contributed by atoms with Crippen molar-refractivity contribution in [3.63, 3.8) is 0 Å². The Morgan fingerprint density at radius 1 is 1.16 bits per heavy atom. The maximum absolute atomic E-state index is 13.2. The van der Waals surface area contributed by atoms with Crippen LogP contribution in [0.25, 0.3) is 22.3 Å². The van der Waals surface area contributed by atoms with Gasteiger partial charge in [0.25, 0.3) is 5.56 Å². The SMILES string of the molecule is CC.O=C(O)CCC(=O)NCC(=O)OC1C(=O)OCc2c1cc1n(c2=O)Cc2cc3ccccc3nc2-1. The number of carboxylic acids is 1. The van der Waals surface area contributed by atoms with Crippen LogP contribution in [0.3, 0.4) is 0 Å². The quantitative estimate of drug-likeness (QED) is 0.373. The molecule has 0 aliphatic carbocycles. The number of aliphatic carboxylic acids is 1. The molecule has 2 aliphatic heterocycles. The van der Waals surface area contributed by atoms with Gasteiger partial charge in [-0.25, -0.2) is 9.78 Å². The van der Waals surface area contributed by atoms with E-state index in [4.69, 9.17) is 19.6 Å². The van der Waals surface area contributed by atoms with Gasteiger partial charge in [-0.15, -0.1) is 0 Å². The molecule has 0 fully saturated rings. The van der Waals surface area contributed by atoms with Crippen LogP contribution in [0.4, 0.5) is 0 Å². The summed E-state index contributed by atoms with van der Waals surface area (Å²) in [5.74, 6) is -3.57. The predicted octanol–water partition coefficient (Wildman–Crippen LogP) is 2.07. The number of rotatable bonds is 6. The smallest absolute Gasteiger partial charge is 0.352 e. The summed E-state index contributed by atoms with van der Waals surface area (Å²) in [7, 11) is 0. The van der Waals surface area contributed by atoms with Gasteiger partial charge in [-0.3, -0.25) is 19.2 Å². The van der Waals surface area contributed by atoms with E-state index in [0.29, 0.717) is 17.9 Å². The van der Waals surface area contributed by atoms with Crippen molar-refractivity contribution in [2.24, 2.45) is 0 Å². The van der Waals surface area contributed by atoms with Gasteiger partial charge in [0.15, 0.2) is 0 Å². The molecule has 11 nitrogen and oxygen atoms in total. The molecule has 1 unspecified atom stereocenters. The lowest BCUT2D eigenvalue weighted by Gasteiger charge is -2.25. The number of carboxylic acid groups (broad SMARTS) is 1. The number of carbonyl (C=O) groups is 4. The fraction of sp³-hybridized carbons (Fsp3) is 0.308. The van der Waals surface area contributed by atoms with Gasteiger partial charge in [0.2, 0.25) is 12.0 Å². The number of carbonyl (C=O) groups excluding carboxylic acids is 3. The Hall–Kier alpha value is -4.54. The number of ether oxygens (including phenoxy) is 2. The summed E-state index contributed by atoms with van der Waals surface area (Å²) in [5.41, 5.74) is 2.78. The number of amides is 1. The fourth-order valence-electron chi connectivity index (χ4n) is 4.22. The summed E-state index contributed by atoms with van der Waals surface area (Å²) < 4.78 is 11.9. The molecule has 5 rings (SSSR count). The summed E-state index contributed by atoms with van der Waals surface area (Å²) in [6, 6.07) is 11.1. The Morgan fingerprint density at radius 3 is 2.68 bits per heavy atom. The van der Waals surface area contributed by atoms with Crippen molar-refractivity contribution >= 4 is 34.7 Å². The number of cyclic esters (lactones) is 1. The van der Waals surface area contributed by atoms with Gasteiger partial charge >= 0.3 is 17.9 Å². The van der Waals surface area contributed by atoms with Crippen molar-refractivity contribution in [3.8, 4) is 11.4 Å². The van der Waals surface area contributed by atoms with E-state index in [1.54, 1.807) is 10.6 Å². The Bertz CT molecular complexity index is 1480. The maximum atomic E-state index is 13.2. The van der Waals surface area contributed by atoms with Crippen molar-refractivity contribution in [1.82, 2.24) is 14.9 Å². The Balaban J connectivity index is 0.00000156. The number of nitrogens with zero attached hydrogens (tertiary/aromatic N) is 2. The van der Waals surface area contributed by atoms with Crippen LogP contribution in [0, 0.1) is 0 Å². The number of nitrogens with one attached hydrogen (secondary N) is 1. The highest BCUT2D eigenvalue weighted by molar-refractivity contribution is 5.87. The molecule has 1 amide bonds. The lowest BCUT2D eigenvalue weighted by atomic mass is 10.00. The largest absolute Gasteiger partial charge is 0.481 e. The molecule has 0 radical (unpaired) electrons. The molecule has 3 aromatic rings. The van der Waals surface area contributed by atoms with Crippen molar-refractivity contribution in [2.45, 2.75) is 45.9 Å². The molecule has 2 aromatic heterocycles. The van der Waals surface area contributed by atoms with Crippen molar-refractivity contribution in [3.05, 3.63) is 63.4 Å². The van der Waals surface area contributed by atoms with Gasteiger partial charge in [-0.1, -0.05) is 32.0 Å². The van der Waals surface area contributed by atoms with Crippen molar-refractivity contribution < 1.29 is 33.8 Å². The van der Waals surface area contributed by atoms with E-state index in [0.717, 1.165) is 16.5 Å². The molecule has 11 heteroatoms. The number of fused-ring (bicyclic) bond motifs is 5. The van der Waals surface area contributed by atoms with Crippen molar-refractivity contribution in [2.75, 3.05) is 6.54 Å². The highest BCUT2D eigenvalue weighted by Crippen LogP contribution is 2.36. The fourth-order valence-corrected chi connectivity index (χ4v) is 4.22. The van der Waals surface area contributed by atoms with Gasteiger partial charge in [0, 0.05) is 22.9 Å². The zero-order valence-corrected chi connectivity index (χ0v) is 20.3. The predicted molar refractivity (Wildman–Crippen MR) is 130 cm³/mol. The number of pyridine rings is 2. The van der Waals surface area contributed by atoms with E-state index in [1.165, 1.54) is 0 Å². The van der Waals surface area contributed by atoms with E-state index in [1.807, 2.05) is 44.2 Å². The van der Waals surface area contributed by atoms with Crippen LogP contribution in [0.1, 0.15) is 49.5 Å². The molecular weight excluding hydrogens is 482 g/mol. The minimum absolute atomic E-state index is 0.203. The monoisotopic (exact) mass is 507 g/mol.